The molecule has 0 bridgehead atoms. The first-order chi connectivity index (χ1) is 32.6. The second-order valence-electron chi connectivity index (χ2n) is 22.1. The summed E-state index contributed by atoms with van der Waals surface area (Å²) in [6.07, 6.45) is 16.0. The summed E-state index contributed by atoms with van der Waals surface area (Å²) in [4.78, 5) is 65.9. The van der Waals surface area contributed by atoms with Gasteiger partial charge in [-0.15, -0.1) is 0 Å². The summed E-state index contributed by atoms with van der Waals surface area (Å²) >= 11 is 6.64. The third kappa shape index (κ3) is 6.73. The number of imide groups is 1. The minimum absolute atomic E-state index is 0.0202. The molecule has 8 heterocycles. The number of rotatable bonds is 6. The lowest BCUT2D eigenvalue weighted by atomic mass is 9.59. The number of fused-ring (bicyclic) bond motifs is 11. The molecule has 12 nitrogen and oxygen atoms in total. The molecule has 1 atom stereocenters. The molecule has 1 N–H and O–H groups in total. The molecule has 3 spiro atoms. The molecule has 2 saturated carbocycles. The third-order valence-corrected chi connectivity index (χ3v) is 19.1. The van der Waals surface area contributed by atoms with Gasteiger partial charge in [0.25, 0.3) is 11.5 Å². The summed E-state index contributed by atoms with van der Waals surface area (Å²) in [6, 6.07) is 17.2. The number of carbonyl (C=O) groups is 3. The number of piperidine rings is 4. The first-order valence-corrected chi connectivity index (χ1v) is 26.0. The predicted octanol–water partition coefficient (Wildman–Crippen LogP) is 7.21. The van der Waals surface area contributed by atoms with E-state index >= 15 is 0 Å². The first-order valence-electron chi connectivity index (χ1n) is 25.6. The van der Waals surface area contributed by atoms with Crippen LogP contribution in [0, 0.1) is 5.41 Å². The van der Waals surface area contributed by atoms with Gasteiger partial charge < -0.3 is 24.3 Å². The fourth-order valence-electron chi connectivity index (χ4n) is 14.8. The van der Waals surface area contributed by atoms with Gasteiger partial charge in [-0.2, -0.15) is 4.98 Å². The number of nitrogens with zero attached hydrogens (tertiary/aromatic N) is 6. The Labute approximate surface area is 397 Å². The van der Waals surface area contributed by atoms with Crippen molar-refractivity contribution in [3.8, 4) is 11.4 Å². The molecule has 350 valence electrons. The Morgan fingerprint density at radius 1 is 0.791 bits per heavy atom. The van der Waals surface area contributed by atoms with Gasteiger partial charge in [-0.25, -0.2) is 0 Å². The Hall–Kier alpha value is -4.62. The van der Waals surface area contributed by atoms with E-state index in [1.807, 2.05) is 18.2 Å². The van der Waals surface area contributed by atoms with E-state index in [9.17, 15) is 19.2 Å². The molecule has 6 fully saturated rings. The van der Waals surface area contributed by atoms with Crippen molar-refractivity contribution in [1.82, 2.24) is 34.5 Å². The molecule has 2 aliphatic carbocycles. The van der Waals surface area contributed by atoms with Crippen LogP contribution in [0.5, 0.6) is 5.75 Å². The molecule has 3 amide bonds. The van der Waals surface area contributed by atoms with Crippen molar-refractivity contribution in [3.05, 3.63) is 97.5 Å². The van der Waals surface area contributed by atoms with Crippen molar-refractivity contribution in [2.45, 2.75) is 132 Å². The van der Waals surface area contributed by atoms with Crippen LogP contribution in [0.1, 0.15) is 141 Å². The molecule has 0 unspecified atom stereocenters. The highest BCUT2D eigenvalue weighted by molar-refractivity contribution is 6.35. The molecule has 3 aromatic carbocycles. The van der Waals surface area contributed by atoms with E-state index in [1.165, 1.54) is 80.4 Å². The number of hydrogen-bond acceptors (Lipinski definition) is 9. The van der Waals surface area contributed by atoms with Crippen LogP contribution in [0.3, 0.4) is 0 Å². The third-order valence-electron chi connectivity index (χ3n) is 18.8. The topological polar surface area (TPSA) is 120 Å². The number of carbonyl (C=O) groups excluding carboxylic acids is 3. The largest absolute Gasteiger partial charge is 0.492 e. The number of halogens is 1. The van der Waals surface area contributed by atoms with Gasteiger partial charge in [-0.1, -0.05) is 55.1 Å². The minimum Gasteiger partial charge on any atom is -0.492 e. The van der Waals surface area contributed by atoms with Gasteiger partial charge in [0, 0.05) is 47.7 Å². The summed E-state index contributed by atoms with van der Waals surface area (Å²) in [6.45, 7) is 10.2. The molecule has 4 aromatic rings. The maximum atomic E-state index is 13.4. The van der Waals surface area contributed by atoms with Crippen molar-refractivity contribution >= 4 is 40.2 Å². The van der Waals surface area contributed by atoms with E-state index < -0.39 is 6.04 Å². The lowest BCUT2D eigenvalue weighted by Crippen LogP contribution is -2.58. The van der Waals surface area contributed by atoms with Gasteiger partial charge >= 0.3 is 0 Å². The zero-order valence-corrected chi connectivity index (χ0v) is 39.4. The molecule has 4 saturated heterocycles. The standard InChI is InChI=1S/C54H62ClN7O5/c55-41-5-4-6-42-46(41)49(65)57-51-54(15-2-1-3-16-54)39-9-7-35(29-44(39)62(42)51)34-13-21-58(22-14-34)27-28-59-23-17-52(18-24-59)30-36(31-52)60-25-19-53(20-26-60)33-67-47-38-32-61(43-11-12-45(63)56-48(43)64)50(66)37(38)8-10-40(47)53/h4-10,29,34,36,43H,1-3,11-28,30-33H2,(H,56,63,64)/t43-/m0/s1. The Bertz CT molecular complexity index is 2770. The lowest BCUT2D eigenvalue weighted by molar-refractivity contribution is -0.136. The second-order valence-corrected chi connectivity index (χ2v) is 22.5. The monoisotopic (exact) mass is 923 g/mol. The van der Waals surface area contributed by atoms with Crippen LogP contribution >= 0.6 is 11.6 Å². The van der Waals surface area contributed by atoms with Crippen molar-refractivity contribution < 1.29 is 19.1 Å². The zero-order chi connectivity index (χ0) is 45.2. The highest BCUT2D eigenvalue weighted by Gasteiger charge is 2.52. The summed E-state index contributed by atoms with van der Waals surface area (Å²) < 4.78 is 8.76. The van der Waals surface area contributed by atoms with Crippen molar-refractivity contribution in [2.75, 3.05) is 59.0 Å². The van der Waals surface area contributed by atoms with Crippen molar-refractivity contribution in [3.63, 3.8) is 0 Å². The molecule has 13 rings (SSSR count). The average Bonchev–Trinajstić information content (AvgIpc) is 3.95. The van der Waals surface area contributed by atoms with Gasteiger partial charge in [0.15, 0.2) is 0 Å². The molecule has 1 aromatic heterocycles. The first kappa shape index (κ1) is 42.5. The molecular formula is C54H62ClN7O5. The molecular weight excluding hydrogens is 862 g/mol. The molecule has 7 aliphatic heterocycles. The van der Waals surface area contributed by atoms with Gasteiger partial charge in [-0.3, -0.25) is 29.1 Å². The molecule has 0 radical (unpaired) electrons. The van der Waals surface area contributed by atoms with Crippen LogP contribution in [-0.4, -0.2) is 118 Å². The maximum Gasteiger partial charge on any atom is 0.282 e. The maximum absolute atomic E-state index is 13.4. The molecule has 67 heavy (non-hydrogen) atoms. The highest BCUT2D eigenvalue weighted by atomic mass is 35.5. The Morgan fingerprint density at radius 3 is 2.30 bits per heavy atom. The summed E-state index contributed by atoms with van der Waals surface area (Å²) in [7, 11) is 0. The van der Waals surface area contributed by atoms with Gasteiger partial charge in [0.05, 0.1) is 40.2 Å². The van der Waals surface area contributed by atoms with Crippen molar-refractivity contribution in [1.29, 1.82) is 0 Å². The fraction of sp³-hybridized carbons (Fsp3) is 0.574. The lowest BCUT2D eigenvalue weighted by Gasteiger charge is -2.57. The minimum atomic E-state index is -0.616. The second kappa shape index (κ2) is 16.0. The summed E-state index contributed by atoms with van der Waals surface area (Å²) in [5.74, 6) is 1.52. The van der Waals surface area contributed by atoms with Gasteiger partial charge in [0.1, 0.15) is 17.6 Å². The van der Waals surface area contributed by atoms with E-state index in [2.05, 4.69) is 48.8 Å². The van der Waals surface area contributed by atoms with Gasteiger partial charge in [0.2, 0.25) is 11.8 Å². The number of aromatic nitrogens is 2. The van der Waals surface area contributed by atoms with Crippen LogP contribution in [0.4, 0.5) is 0 Å². The number of nitrogens with one attached hydrogen (secondary N) is 1. The summed E-state index contributed by atoms with van der Waals surface area (Å²) in [5, 5.41) is 3.42. The Balaban J connectivity index is 0.587. The van der Waals surface area contributed by atoms with Crippen LogP contribution < -0.4 is 15.6 Å². The Morgan fingerprint density at radius 2 is 1.54 bits per heavy atom. The highest BCUT2D eigenvalue weighted by Crippen LogP contribution is 2.55. The fourth-order valence-corrected chi connectivity index (χ4v) is 15.0. The summed E-state index contributed by atoms with van der Waals surface area (Å²) in [5.41, 5.74) is 7.72. The van der Waals surface area contributed by atoms with Crippen LogP contribution in [0.25, 0.3) is 16.6 Å². The predicted molar refractivity (Wildman–Crippen MR) is 256 cm³/mol. The van der Waals surface area contributed by atoms with E-state index in [0.29, 0.717) is 52.9 Å². The number of amides is 3. The van der Waals surface area contributed by atoms with E-state index in [0.717, 1.165) is 100 Å². The van der Waals surface area contributed by atoms with Crippen LogP contribution in [-0.2, 0) is 27.0 Å². The molecule has 13 heteroatoms. The Kier molecular flexibility index (Phi) is 10.1. The number of hydrogen-bond donors (Lipinski definition) is 1. The van der Waals surface area contributed by atoms with Crippen LogP contribution in [0.15, 0.2) is 53.3 Å². The smallest absolute Gasteiger partial charge is 0.282 e. The van der Waals surface area contributed by atoms with Gasteiger partial charge in [-0.05, 0) is 157 Å². The van der Waals surface area contributed by atoms with E-state index in [1.54, 1.807) is 11.0 Å². The molecule has 9 aliphatic rings. The normalized spacial score (nSPS) is 25.9. The number of benzene rings is 3. The van der Waals surface area contributed by atoms with E-state index in [4.69, 9.17) is 21.3 Å². The van der Waals surface area contributed by atoms with E-state index in [-0.39, 0.29) is 40.5 Å². The average molecular weight is 925 g/mol. The quantitative estimate of drug-likeness (QED) is 0.200. The number of likely N-dealkylation sites (tertiary alicyclic amines) is 3. The zero-order valence-electron chi connectivity index (χ0n) is 38.6. The number of ether oxygens (including phenoxy) is 1. The van der Waals surface area contributed by atoms with Crippen molar-refractivity contribution in [2.24, 2.45) is 5.41 Å². The SMILES string of the molecule is O=C1CC[C@H](N2Cc3c(ccc4c3OCC43CCN(C4CC5(CCN(CCN6CCC(c7ccc8c(c7)-n7c(nc(=O)c9c(Cl)cccc97)C87CCCCC7)CC6)CC5)C4)CC3)C2=O)C(=O)N1. The van der Waals surface area contributed by atoms with Crippen LogP contribution in [0.2, 0.25) is 5.02 Å².